The first-order valence-corrected chi connectivity index (χ1v) is 7.17. The van der Waals surface area contributed by atoms with E-state index in [0.29, 0.717) is 6.54 Å². The van der Waals surface area contributed by atoms with Crippen molar-refractivity contribution in [2.24, 2.45) is 0 Å². The number of nitrogens with one attached hydrogen (secondary N) is 2. The minimum Gasteiger partial charge on any atom is -0.318 e. The Kier molecular flexibility index (Phi) is 5.10. The lowest BCUT2D eigenvalue weighted by atomic mass is 10.3. The first-order valence-electron chi connectivity index (χ1n) is 5.69. The Morgan fingerprint density at radius 2 is 2.24 bits per heavy atom. The van der Waals surface area contributed by atoms with Gasteiger partial charge in [-0.2, -0.15) is 5.10 Å². The number of hydrogen-bond acceptors (Lipinski definition) is 4. The summed E-state index contributed by atoms with van der Waals surface area (Å²) in [5.74, 6) is 0. The summed E-state index contributed by atoms with van der Waals surface area (Å²) < 4.78 is 28.0. The molecule has 0 spiro atoms. The number of nitrogens with zero attached hydrogens (tertiary/aromatic N) is 2. The molecule has 98 valence electrons. The molecule has 7 heteroatoms. The molecule has 0 radical (unpaired) electrons. The van der Waals surface area contributed by atoms with Gasteiger partial charge in [-0.25, -0.2) is 13.1 Å². The summed E-state index contributed by atoms with van der Waals surface area (Å²) in [6.07, 6.45) is 3.68. The van der Waals surface area contributed by atoms with Gasteiger partial charge in [0.05, 0.1) is 12.7 Å². The van der Waals surface area contributed by atoms with Gasteiger partial charge in [0.15, 0.2) is 0 Å². The SMILES string of the molecule is CCC(C)NS(=O)(=O)c1cnn(CCNC)c1. The fourth-order valence-electron chi connectivity index (χ4n) is 1.25. The van der Waals surface area contributed by atoms with Crippen LogP contribution in [-0.4, -0.2) is 37.8 Å². The highest BCUT2D eigenvalue weighted by Gasteiger charge is 2.18. The first kappa shape index (κ1) is 14.1. The second-order valence-corrected chi connectivity index (χ2v) is 5.69. The largest absolute Gasteiger partial charge is 0.318 e. The van der Waals surface area contributed by atoms with Crippen molar-refractivity contribution >= 4 is 10.0 Å². The molecule has 1 unspecified atom stereocenters. The smallest absolute Gasteiger partial charge is 0.243 e. The fraction of sp³-hybridized carbons (Fsp3) is 0.700. The van der Waals surface area contributed by atoms with Crippen LogP contribution in [0.5, 0.6) is 0 Å². The van der Waals surface area contributed by atoms with Gasteiger partial charge in [0.1, 0.15) is 4.90 Å². The maximum atomic E-state index is 11.9. The third-order valence-electron chi connectivity index (χ3n) is 2.48. The molecule has 17 heavy (non-hydrogen) atoms. The van der Waals surface area contributed by atoms with Crippen LogP contribution in [0, 0.1) is 0 Å². The standard InChI is InChI=1S/C10H20N4O2S/c1-4-9(2)13-17(15,16)10-7-12-14(8-10)6-5-11-3/h7-9,11,13H,4-6H2,1-3H3. The van der Waals surface area contributed by atoms with Crippen LogP contribution in [0.4, 0.5) is 0 Å². The monoisotopic (exact) mass is 260 g/mol. The average molecular weight is 260 g/mol. The molecule has 0 aliphatic carbocycles. The van der Waals surface area contributed by atoms with Crippen molar-refractivity contribution in [3.63, 3.8) is 0 Å². The van der Waals surface area contributed by atoms with Crippen molar-refractivity contribution in [1.82, 2.24) is 19.8 Å². The molecule has 0 saturated heterocycles. The van der Waals surface area contributed by atoms with Crippen molar-refractivity contribution in [2.45, 2.75) is 37.8 Å². The number of aromatic nitrogens is 2. The van der Waals surface area contributed by atoms with Crippen molar-refractivity contribution in [3.05, 3.63) is 12.4 Å². The molecule has 1 aromatic heterocycles. The van der Waals surface area contributed by atoms with Crippen molar-refractivity contribution in [3.8, 4) is 0 Å². The van der Waals surface area contributed by atoms with Crippen LogP contribution in [0.2, 0.25) is 0 Å². The second-order valence-electron chi connectivity index (χ2n) is 3.97. The molecular weight excluding hydrogens is 240 g/mol. The van der Waals surface area contributed by atoms with Crippen molar-refractivity contribution in [2.75, 3.05) is 13.6 Å². The molecule has 1 aromatic rings. The summed E-state index contributed by atoms with van der Waals surface area (Å²) in [5, 5.41) is 6.99. The Labute approximate surface area is 102 Å². The molecule has 0 fully saturated rings. The molecule has 0 bridgehead atoms. The molecule has 0 aliphatic rings. The van der Waals surface area contributed by atoms with E-state index >= 15 is 0 Å². The van der Waals surface area contributed by atoms with Gasteiger partial charge in [-0.15, -0.1) is 0 Å². The summed E-state index contributed by atoms with van der Waals surface area (Å²) in [5.41, 5.74) is 0. The van der Waals surface area contributed by atoms with E-state index < -0.39 is 10.0 Å². The second kappa shape index (κ2) is 6.13. The fourth-order valence-corrected chi connectivity index (χ4v) is 2.53. The topological polar surface area (TPSA) is 76.0 Å². The van der Waals surface area contributed by atoms with Crippen molar-refractivity contribution in [1.29, 1.82) is 0 Å². The molecule has 1 atom stereocenters. The maximum absolute atomic E-state index is 11.9. The van der Waals surface area contributed by atoms with Crippen LogP contribution >= 0.6 is 0 Å². The van der Waals surface area contributed by atoms with Gasteiger partial charge in [0.25, 0.3) is 0 Å². The number of sulfonamides is 1. The van der Waals surface area contributed by atoms with Gasteiger partial charge >= 0.3 is 0 Å². The summed E-state index contributed by atoms with van der Waals surface area (Å²) >= 11 is 0. The predicted molar refractivity (Wildman–Crippen MR) is 66.2 cm³/mol. The van der Waals surface area contributed by atoms with Crippen LogP contribution in [0.25, 0.3) is 0 Å². The van der Waals surface area contributed by atoms with Gasteiger partial charge in [-0.3, -0.25) is 4.68 Å². The van der Waals surface area contributed by atoms with Crippen LogP contribution in [-0.2, 0) is 16.6 Å². The summed E-state index contributed by atoms with van der Waals surface area (Å²) in [6, 6.07) is -0.0688. The molecule has 1 rings (SSSR count). The van der Waals surface area contributed by atoms with Gasteiger partial charge in [0, 0.05) is 18.8 Å². The average Bonchev–Trinajstić information content (AvgIpc) is 2.75. The zero-order valence-corrected chi connectivity index (χ0v) is 11.3. The van der Waals surface area contributed by atoms with Gasteiger partial charge in [0.2, 0.25) is 10.0 Å². The molecule has 0 saturated carbocycles. The highest BCUT2D eigenvalue weighted by atomic mass is 32.2. The van der Waals surface area contributed by atoms with E-state index in [1.54, 1.807) is 10.9 Å². The molecule has 0 amide bonds. The van der Waals surface area contributed by atoms with E-state index in [1.807, 2.05) is 20.9 Å². The van der Waals surface area contributed by atoms with E-state index in [4.69, 9.17) is 0 Å². The first-order chi connectivity index (χ1) is 7.99. The minimum absolute atomic E-state index is 0.0688. The van der Waals surface area contributed by atoms with E-state index in [-0.39, 0.29) is 10.9 Å². The lowest BCUT2D eigenvalue weighted by Gasteiger charge is -2.10. The van der Waals surface area contributed by atoms with Crippen molar-refractivity contribution < 1.29 is 8.42 Å². The molecule has 0 aliphatic heterocycles. The highest BCUT2D eigenvalue weighted by Crippen LogP contribution is 2.08. The molecule has 6 nitrogen and oxygen atoms in total. The zero-order chi connectivity index (χ0) is 12.9. The van der Waals surface area contributed by atoms with Crippen LogP contribution < -0.4 is 10.0 Å². The van der Waals surface area contributed by atoms with E-state index in [0.717, 1.165) is 13.0 Å². The Morgan fingerprint density at radius 3 is 2.82 bits per heavy atom. The number of hydrogen-bond donors (Lipinski definition) is 2. The Bertz CT molecular complexity index is 441. The molecular formula is C10H20N4O2S. The Hall–Kier alpha value is -0.920. The van der Waals surface area contributed by atoms with Crippen LogP contribution in [0.15, 0.2) is 17.3 Å². The van der Waals surface area contributed by atoms with Crippen LogP contribution in [0.1, 0.15) is 20.3 Å². The van der Waals surface area contributed by atoms with Gasteiger partial charge in [-0.05, 0) is 20.4 Å². The minimum atomic E-state index is -3.43. The number of rotatable bonds is 7. The molecule has 2 N–H and O–H groups in total. The predicted octanol–water partition coefficient (Wildman–Crippen LogP) is 0.179. The van der Waals surface area contributed by atoms with E-state index in [9.17, 15) is 8.42 Å². The van der Waals surface area contributed by atoms with E-state index in [2.05, 4.69) is 15.1 Å². The lowest BCUT2D eigenvalue weighted by molar-refractivity contribution is 0.554. The third kappa shape index (κ3) is 4.10. The Morgan fingerprint density at radius 1 is 1.53 bits per heavy atom. The zero-order valence-electron chi connectivity index (χ0n) is 10.5. The quantitative estimate of drug-likeness (QED) is 0.733. The molecule has 0 aromatic carbocycles. The Balaban J connectivity index is 2.74. The van der Waals surface area contributed by atoms with Gasteiger partial charge < -0.3 is 5.32 Å². The van der Waals surface area contributed by atoms with E-state index in [1.165, 1.54) is 6.20 Å². The maximum Gasteiger partial charge on any atom is 0.243 e. The number of likely N-dealkylation sites (N-methyl/N-ethyl adjacent to an activating group) is 1. The highest BCUT2D eigenvalue weighted by molar-refractivity contribution is 7.89. The van der Waals surface area contributed by atoms with Crippen LogP contribution in [0.3, 0.4) is 0 Å². The molecule has 1 heterocycles. The summed E-state index contributed by atoms with van der Waals surface area (Å²) in [7, 11) is -1.59. The summed E-state index contributed by atoms with van der Waals surface area (Å²) in [6.45, 7) is 5.17. The third-order valence-corrected chi connectivity index (χ3v) is 4.02. The normalized spacial score (nSPS) is 13.8. The van der Waals surface area contributed by atoms with Gasteiger partial charge in [-0.1, -0.05) is 6.92 Å². The lowest BCUT2D eigenvalue weighted by Crippen LogP contribution is -2.31. The summed E-state index contributed by atoms with van der Waals surface area (Å²) in [4.78, 5) is 0.217.